The maximum atomic E-state index is 5.81. The van der Waals surface area contributed by atoms with Crippen LogP contribution in [0.25, 0.3) is 0 Å². The Morgan fingerprint density at radius 2 is 2.15 bits per heavy atom. The molecule has 3 nitrogen and oxygen atoms in total. The summed E-state index contributed by atoms with van der Waals surface area (Å²) in [4.78, 5) is 0. The van der Waals surface area contributed by atoms with E-state index in [1.54, 1.807) is 6.20 Å². The van der Waals surface area contributed by atoms with Crippen LogP contribution in [0.4, 0.5) is 5.82 Å². The van der Waals surface area contributed by atoms with Gasteiger partial charge in [-0.25, -0.2) is 4.68 Å². The van der Waals surface area contributed by atoms with E-state index in [0.717, 1.165) is 16.8 Å². The van der Waals surface area contributed by atoms with Gasteiger partial charge in [0.25, 0.3) is 0 Å². The van der Waals surface area contributed by atoms with Crippen LogP contribution in [0.15, 0.2) is 10.7 Å². The molecule has 0 aromatic carbocycles. The fraction of sp³-hybridized carbons (Fsp3) is 0.667. The number of rotatable bonds is 4. The number of hydrogen-bond donors (Lipinski definition) is 1. The van der Waals surface area contributed by atoms with Crippen molar-refractivity contribution >= 4 is 21.7 Å². The van der Waals surface area contributed by atoms with Gasteiger partial charge in [0.15, 0.2) is 0 Å². The first-order valence-corrected chi connectivity index (χ1v) is 5.45. The smallest absolute Gasteiger partial charge is 0.136 e. The predicted octanol–water partition coefficient (Wildman–Crippen LogP) is 2.66. The molecule has 2 N–H and O–H groups in total. The van der Waals surface area contributed by atoms with E-state index in [2.05, 4.69) is 34.9 Å². The number of hydrogen-bond acceptors (Lipinski definition) is 2. The van der Waals surface area contributed by atoms with Gasteiger partial charge in [-0.15, -0.1) is 0 Å². The van der Waals surface area contributed by atoms with Gasteiger partial charge in [0.2, 0.25) is 0 Å². The number of halogens is 1. The molecule has 0 fully saturated rings. The highest BCUT2D eigenvalue weighted by atomic mass is 79.9. The van der Waals surface area contributed by atoms with Gasteiger partial charge in [-0.2, -0.15) is 5.10 Å². The van der Waals surface area contributed by atoms with Crippen molar-refractivity contribution in [3.8, 4) is 0 Å². The minimum atomic E-state index is 0.675. The second-order valence-electron chi connectivity index (χ2n) is 3.24. The van der Waals surface area contributed by atoms with Crippen LogP contribution >= 0.6 is 15.9 Å². The van der Waals surface area contributed by atoms with Crippen molar-refractivity contribution in [2.45, 2.75) is 33.2 Å². The van der Waals surface area contributed by atoms with Gasteiger partial charge in [-0.05, 0) is 21.8 Å². The topological polar surface area (TPSA) is 43.8 Å². The second-order valence-corrected chi connectivity index (χ2v) is 4.10. The number of nitrogens with two attached hydrogens (primary N) is 1. The minimum absolute atomic E-state index is 0.675. The summed E-state index contributed by atoms with van der Waals surface area (Å²) in [6, 6.07) is 0. The third kappa shape index (κ3) is 2.46. The molecule has 1 heterocycles. The standard InChI is InChI=1S/C9H16BrN3/c1-3-7(4-2)6-13-9(11)8(10)5-12-13/h5,7H,3-4,6,11H2,1-2H3. The van der Waals surface area contributed by atoms with Crippen molar-refractivity contribution in [1.82, 2.24) is 9.78 Å². The van der Waals surface area contributed by atoms with Crippen molar-refractivity contribution < 1.29 is 0 Å². The van der Waals surface area contributed by atoms with Crippen LogP contribution < -0.4 is 5.73 Å². The summed E-state index contributed by atoms with van der Waals surface area (Å²) in [7, 11) is 0. The number of anilines is 1. The van der Waals surface area contributed by atoms with E-state index in [1.165, 1.54) is 12.8 Å². The van der Waals surface area contributed by atoms with Gasteiger partial charge in [-0.1, -0.05) is 26.7 Å². The molecule has 0 saturated heterocycles. The molecule has 0 saturated carbocycles. The summed E-state index contributed by atoms with van der Waals surface area (Å²) in [5, 5.41) is 4.20. The summed E-state index contributed by atoms with van der Waals surface area (Å²) in [5.74, 6) is 1.40. The lowest BCUT2D eigenvalue weighted by molar-refractivity contribution is 0.399. The number of nitrogen functional groups attached to an aromatic ring is 1. The van der Waals surface area contributed by atoms with Crippen LogP contribution in [0, 0.1) is 5.92 Å². The van der Waals surface area contributed by atoms with E-state index in [1.807, 2.05) is 4.68 Å². The van der Waals surface area contributed by atoms with Crippen molar-refractivity contribution in [2.75, 3.05) is 5.73 Å². The maximum absolute atomic E-state index is 5.81. The molecule has 1 aromatic rings. The molecule has 0 aliphatic heterocycles. The lowest BCUT2D eigenvalue weighted by Gasteiger charge is -2.12. The Hall–Kier alpha value is -0.510. The highest BCUT2D eigenvalue weighted by Gasteiger charge is 2.09. The van der Waals surface area contributed by atoms with Crippen molar-refractivity contribution in [3.63, 3.8) is 0 Å². The number of nitrogens with zero attached hydrogens (tertiary/aromatic N) is 2. The largest absolute Gasteiger partial charge is 0.383 e. The monoisotopic (exact) mass is 245 g/mol. The molecule has 4 heteroatoms. The van der Waals surface area contributed by atoms with Gasteiger partial charge in [0, 0.05) is 6.54 Å². The zero-order chi connectivity index (χ0) is 9.84. The molecule has 0 aliphatic carbocycles. The van der Waals surface area contributed by atoms with E-state index in [0.29, 0.717) is 5.92 Å². The Morgan fingerprint density at radius 1 is 1.54 bits per heavy atom. The molecule has 0 bridgehead atoms. The molecule has 0 atom stereocenters. The van der Waals surface area contributed by atoms with Crippen LogP contribution in [0.3, 0.4) is 0 Å². The first-order valence-electron chi connectivity index (χ1n) is 4.65. The van der Waals surface area contributed by atoms with Gasteiger partial charge < -0.3 is 5.73 Å². The van der Waals surface area contributed by atoms with E-state index in [-0.39, 0.29) is 0 Å². The Kier molecular flexibility index (Phi) is 3.78. The van der Waals surface area contributed by atoms with Gasteiger partial charge in [-0.3, -0.25) is 0 Å². The summed E-state index contributed by atoms with van der Waals surface area (Å²) >= 11 is 3.34. The molecule has 1 aromatic heterocycles. The fourth-order valence-corrected chi connectivity index (χ4v) is 1.61. The average Bonchev–Trinajstić information content (AvgIpc) is 2.45. The van der Waals surface area contributed by atoms with Crippen LogP contribution in [0.1, 0.15) is 26.7 Å². The summed E-state index contributed by atoms with van der Waals surface area (Å²) in [6.45, 7) is 5.32. The zero-order valence-corrected chi connectivity index (χ0v) is 9.71. The van der Waals surface area contributed by atoms with E-state index in [4.69, 9.17) is 5.73 Å². The molecule has 74 valence electrons. The first kappa shape index (κ1) is 10.6. The summed E-state index contributed by atoms with van der Waals surface area (Å²) < 4.78 is 2.75. The van der Waals surface area contributed by atoms with Crippen LogP contribution in [0.2, 0.25) is 0 Å². The zero-order valence-electron chi connectivity index (χ0n) is 8.13. The highest BCUT2D eigenvalue weighted by Crippen LogP contribution is 2.20. The molecule has 0 spiro atoms. The molecular formula is C9H16BrN3. The third-order valence-corrected chi connectivity index (χ3v) is 3.03. The molecule has 13 heavy (non-hydrogen) atoms. The van der Waals surface area contributed by atoms with Gasteiger partial charge >= 0.3 is 0 Å². The fourth-order valence-electron chi connectivity index (χ4n) is 1.31. The Labute approximate surface area is 87.4 Å². The Bertz CT molecular complexity index is 266. The average molecular weight is 246 g/mol. The third-order valence-electron chi connectivity index (χ3n) is 2.42. The van der Waals surface area contributed by atoms with E-state index >= 15 is 0 Å². The number of aromatic nitrogens is 2. The van der Waals surface area contributed by atoms with Crippen molar-refractivity contribution in [3.05, 3.63) is 10.7 Å². The highest BCUT2D eigenvalue weighted by molar-refractivity contribution is 9.10. The van der Waals surface area contributed by atoms with Crippen molar-refractivity contribution in [2.24, 2.45) is 5.92 Å². The quantitative estimate of drug-likeness (QED) is 0.887. The molecule has 0 unspecified atom stereocenters. The molecule has 0 radical (unpaired) electrons. The first-order chi connectivity index (χ1) is 6.19. The predicted molar refractivity (Wildman–Crippen MR) is 58.4 cm³/mol. The summed E-state index contributed by atoms with van der Waals surface area (Å²) in [5.41, 5.74) is 5.81. The van der Waals surface area contributed by atoms with E-state index in [9.17, 15) is 0 Å². The van der Waals surface area contributed by atoms with Crippen LogP contribution in [-0.4, -0.2) is 9.78 Å². The molecular weight excluding hydrogens is 230 g/mol. The molecule has 1 rings (SSSR count). The lowest BCUT2D eigenvalue weighted by atomic mass is 10.0. The summed E-state index contributed by atoms with van der Waals surface area (Å²) in [6.07, 6.45) is 4.10. The maximum Gasteiger partial charge on any atom is 0.136 e. The van der Waals surface area contributed by atoms with Crippen LogP contribution in [-0.2, 0) is 6.54 Å². The Balaban J connectivity index is 2.67. The second kappa shape index (κ2) is 4.65. The molecule has 0 aliphatic rings. The van der Waals surface area contributed by atoms with Gasteiger partial charge in [0.1, 0.15) is 5.82 Å². The SMILES string of the molecule is CCC(CC)Cn1ncc(Br)c1N. The normalized spacial score (nSPS) is 11.1. The van der Waals surface area contributed by atoms with Crippen LogP contribution in [0.5, 0.6) is 0 Å². The van der Waals surface area contributed by atoms with Gasteiger partial charge in [0.05, 0.1) is 10.7 Å². The van der Waals surface area contributed by atoms with Crippen molar-refractivity contribution in [1.29, 1.82) is 0 Å². The van der Waals surface area contributed by atoms with E-state index < -0.39 is 0 Å². The minimum Gasteiger partial charge on any atom is -0.383 e. The lowest BCUT2D eigenvalue weighted by Crippen LogP contribution is -2.12. The Morgan fingerprint density at radius 3 is 2.54 bits per heavy atom. The molecule has 0 amide bonds.